The van der Waals surface area contributed by atoms with Gasteiger partial charge >= 0.3 is 0 Å². The standard InChI is InChI=1S/C22H28N2O2S/c1-2-3-4-10-17-26-20-14-9-8-13-19(20)21(25)24-22(27)23-16-15-18-11-6-5-7-12-18/h5-9,11-14H,2-4,10,15-17H2,1H3,(H2,23,24,25,27). The van der Waals surface area contributed by atoms with Gasteiger partial charge in [-0.15, -0.1) is 0 Å². The van der Waals surface area contributed by atoms with E-state index < -0.39 is 0 Å². The van der Waals surface area contributed by atoms with E-state index in [1.54, 1.807) is 6.07 Å². The van der Waals surface area contributed by atoms with Crippen LogP contribution in [0.5, 0.6) is 5.75 Å². The average molecular weight is 385 g/mol. The lowest BCUT2D eigenvalue weighted by Crippen LogP contribution is -2.40. The number of unbranched alkanes of at least 4 members (excludes halogenated alkanes) is 3. The molecule has 0 aromatic heterocycles. The monoisotopic (exact) mass is 384 g/mol. The van der Waals surface area contributed by atoms with Crippen LogP contribution >= 0.6 is 12.2 Å². The third-order valence-electron chi connectivity index (χ3n) is 4.16. The molecule has 2 N–H and O–H groups in total. The van der Waals surface area contributed by atoms with Crippen LogP contribution in [0.15, 0.2) is 54.6 Å². The number of ether oxygens (including phenoxy) is 1. The van der Waals surface area contributed by atoms with Crippen LogP contribution in [-0.2, 0) is 6.42 Å². The third kappa shape index (κ3) is 7.79. The van der Waals surface area contributed by atoms with Crippen LogP contribution in [-0.4, -0.2) is 24.2 Å². The Labute approximate surface area is 167 Å². The number of carbonyl (C=O) groups is 1. The number of hydrogen-bond acceptors (Lipinski definition) is 3. The van der Waals surface area contributed by atoms with Crippen molar-refractivity contribution in [2.24, 2.45) is 0 Å². The Kier molecular flexibility index (Phi) is 9.35. The molecule has 0 saturated carbocycles. The van der Waals surface area contributed by atoms with Crippen LogP contribution in [0.4, 0.5) is 0 Å². The Balaban J connectivity index is 1.79. The summed E-state index contributed by atoms with van der Waals surface area (Å²) >= 11 is 5.24. The van der Waals surface area contributed by atoms with Crippen molar-refractivity contribution in [2.75, 3.05) is 13.2 Å². The fourth-order valence-electron chi connectivity index (χ4n) is 2.67. The van der Waals surface area contributed by atoms with E-state index in [4.69, 9.17) is 17.0 Å². The first-order chi connectivity index (χ1) is 13.2. The number of rotatable bonds is 10. The second-order valence-electron chi connectivity index (χ2n) is 6.35. The lowest BCUT2D eigenvalue weighted by molar-refractivity contribution is 0.0972. The van der Waals surface area contributed by atoms with Gasteiger partial charge in [0.1, 0.15) is 5.75 Å². The van der Waals surface area contributed by atoms with Gasteiger partial charge in [-0.25, -0.2) is 0 Å². The van der Waals surface area contributed by atoms with E-state index in [1.165, 1.54) is 18.4 Å². The lowest BCUT2D eigenvalue weighted by atomic mass is 10.1. The third-order valence-corrected chi connectivity index (χ3v) is 4.40. The van der Waals surface area contributed by atoms with Gasteiger partial charge in [0.15, 0.2) is 5.11 Å². The summed E-state index contributed by atoms with van der Waals surface area (Å²) in [5, 5.41) is 6.14. The summed E-state index contributed by atoms with van der Waals surface area (Å²) < 4.78 is 5.80. The lowest BCUT2D eigenvalue weighted by Gasteiger charge is -2.13. The summed E-state index contributed by atoms with van der Waals surface area (Å²) in [4.78, 5) is 12.5. The summed E-state index contributed by atoms with van der Waals surface area (Å²) in [6.07, 6.45) is 5.36. The van der Waals surface area contributed by atoms with Crippen LogP contribution in [0.1, 0.15) is 48.5 Å². The predicted octanol–water partition coefficient (Wildman–Crippen LogP) is 4.49. The first kappa shape index (κ1) is 20.9. The van der Waals surface area contributed by atoms with Crippen molar-refractivity contribution in [3.05, 3.63) is 65.7 Å². The minimum absolute atomic E-state index is 0.253. The van der Waals surface area contributed by atoms with Gasteiger partial charge in [-0.1, -0.05) is 68.7 Å². The van der Waals surface area contributed by atoms with E-state index in [0.29, 0.717) is 29.6 Å². The number of nitrogens with one attached hydrogen (secondary N) is 2. The second-order valence-corrected chi connectivity index (χ2v) is 6.76. The Morgan fingerprint density at radius 1 is 1.00 bits per heavy atom. The van der Waals surface area contributed by atoms with Gasteiger partial charge in [-0.05, 0) is 42.8 Å². The highest BCUT2D eigenvalue weighted by atomic mass is 32.1. The first-order valence-corrected chi connectivity index (χ1v) is 9.96. The molecule has 0 bridgehead atoms. The van der Waals surface area contributed by atoms with Gasteiger partial charge in [0, 0.05) is 6.54 Å². The highest BCUT2D eigenvalue weighted by molar-refractivity contribution is 7.80. The largest absolute Gasteiger partial charge is 0.493 e. The summed E-state index contributed by atoms with van der Waals surface area (Å²) in [6, 6.07) is 17.4. The van der Waals surface area contributed by atoms with Gasteiger partial charge in [0.2, 0.25) is 0 Å². The van der Waals surface area contributed by atoms with Gasteiger partial charge < -0.3 is 10.1 Å². The normalized spacial score (nSPS) is 10.3. The molecule has 0 atom stereocenters. The topological polar surface area (TPSA) is 50.4 Å². The zero-order valence-corrected chi connectivity index (χ0v) is 16.7. The van der Waals surface area contributed by atoms with Crippen molar-refractivity contribution < 1.29 is 9.53 Å². The summed E-state index contributed by atoms with van der Waals surface area (Å²) in [5.41, 5.74) is 1.72. The Morgan fingerprint density at radius 3 is 2.52 bits per heavy atom. The van der Waals surface area contributed by atoms with Gasteiger partial charge in [0.05, 0.1) is 12.2 Å². The van der Waals surface area contributed by atoms with Crippen molar-refractivity contribution in [2.45, 2.75) is 39.0 Å². The van der Waals surface area contributed by atoms with E-state index in [0.717, 1.165) is 19.3 Å². The summed E-state index contributed by atoms with van der Waals surface area (Å²) in [6.45, 7) is 3.46. The molecule has 0 saturated heterocycles. The fourth-order valence-corrected chi connectivity index (χ4v) is 2.87. The molecule has 4 nitrogen and oxygen atoms in total. The molecule has 0 spiro atoms. The Morgan fingerprint density at radius 2 is 1.74 bits per heavy atom. The van der Waals surface area contributed by atoms with E-state index in [2.05, 4.69) is 29.7 Å². The van der Waals surface area contributed by atoms with Crippen LogP contribution in [0.25, 0.3) is 0 Å². The smallest absolute Gasteiger partial charge is 0.261 e. The maximum Gasteiger partial charge on any atom is 0.261 e. The molecule has 0 heterocycles. The predicted molar refractivity (Wildman–Crippen MR) is 114 cm³/mol. The molecule has 144 valence electrons. The fraction of sp³-hybridized carbons (Fsp3) is 0.364. The molecule has 1 amide bonds. The van der Waals surface area contributed by atoms with Crippen LogP contribution in [0.2, 0.25) is 0 Å². The van der Waals surface area contributed by atoms with Crippen molar-refractivity contribution in [3.8, 4) is 5.75 Å². The first-order valence-electron chi connectivity index (χ1n) is 9.55. The van der Waals surface area contributed by atoms with E-state index >= 15 is 0 Å². The molecule has 0 radical (unpaired) electrons. The zero-order chi connectivity index (χ0) is 19.3. The molecule has 27 heavy (non-hydrogen) atoms. The minimum Gasteiger partial charge on any atom is -0.493 e. The van der Waals surface area contributed by atoms with Crippen LogP contribution in [0.3, 0.4) is 0 Å². The number of hydrogen-bond donors (Lipinski definition) is 2. The molecular weight excluding hydrogens is 356 g/mol. The molecule has 0 aliphatic rings. The highest BCUT2D eigenvalue weighted by Gasteiger charge is 2.13. The molecule has 5 heteroatoms. The maximum absolute atomic E-state index is 12.5. The zero-order valence-electron chi connectivity index (χ0n) is 15.9. The second kappa shape index (κ2) is 12.1. The number of thiocarbonyl (C=S) groups is 1. The van der Waals surface area contributed by atoms with Crippen molar-refractivity contribution in [1.29, 1.82) is 0 Å². The highest BCUT2D eigenvalue weighted by Crippen LogP contribution is 2.18. The molecule has 2 aromatic carbocycles. The molecule has 2 aromatic rings. The number of amides is 1. The van der Waals surface area contributed by atoms with Crippen LogP contribution in [0, 0.1) is 0 Å². The van der Waals surface area contributed by atoms with Gasteiger partial charge in [-0.2, -0.15) is 0 Å². The number of carbonyl (C=O) groups excluding carboxylic acids is 1. The minimum atomic E-state index is -0.253. The molecule has 0 unspecified atom stereocenters. The van der Waals surface area contributed by atoms with Gasteiger partial charge in [0.25, 0.3) is 5.91 Å². The maximum atomic E-state index is 12.5. The number of para-hydroxylation sites is 1. The molecule has 2 rings (SSSR count). The average Bonchev–Trinajstić information content (AvgIpc) is 2.69. The van der Waals surface area contributed by atoms with E-state index in [-0.39, 0.29) is 5.91 Å². The molecule has 0 fully saturated rings. The van der Waals surface area contributed by atoms with Crippen LogP contribution < -0.4 is 15.4 Å². The van der Waals surface area contributed by atoms with Crippen molar-refractivity contribution in [3.63, 3.8) is 0 Å². The van der Waals surface area contributed by atoms with Crippen molar-refractivity contribution >= 4 is 23.2 Å². The Hall–Kier alpha value is -2.40. The SMILES string of the molecule is CCCCCCOc1ccccc1C(=O)NC(=S)NCCc1ccccc1. The summed E-state index contributed by atoms with van der Waals surface area (Å²) in [5.74, 6) is 0.343. The summed E-state index contributed by atoms with van der Waals surface area (Å²) in [7, 11) is 0. The molecular formula is C22H28N2O2S. The van der Waals surface area contributed by atoms with E-state index in [1.807, 2.05) is 36.4 Å². The molecule has 0 aliphatic carbocycles. The molecule has 0 aliphatic heterocycles. The number of benzene rings is 2. The quantitative estimate of drug-likeness (QED) is 0.468. The Bertz CT molecular complexity index is 719. The van der Waals surface area contributed by atoms with Gasteiger partial charge in [-0.3, -0.25) is 10.1 Å². The van der Waals surface area contributed by atoms with E-state index in [9.17, 15) is 4.79 Å². The van der Waals surface area contributed by atoms with Crippen molar-refractivity contribution in [1.82, 2.24) is 10.6 Å².